The summed E-state index contributed by atoms with van der Waals surface area (Å²) in [5, 5.41) is 12.4. The molecule has 1 atom stereocenters. The summed E-state index contributed by atoms with van der Waals surface area (Å²) in [5.41, 5.74) is 1.95. The minimum Gasteiger partial charge on any atom is -0.411 e. The van der Waals surface area contributed by atoms with Crippen LogP contribution in [0.2, 0.25) is 0 Å². The Bertz CT molecular complexity index is 684. The average molecular weight is 334 g/mol. The van der Waals surface area contributed by atoms with Crippen molar-refractivity contribution in [1.29, 1.82) is 0 Å². The van der Waals surface area contributed by atoms with E-state index in [1.54, 1.807) is 13.8 Å². The van der Waals surface area contributed by atoms with Crippen LogP contribution in [-0.4, -0.2) is 33.9 Å². The molecule has 1 aromatic heterocycles. The van der Waals surface area contributed by atoms with Crippen molar-refractivity contribution in [3.05, 3.63) is 29.8 Å². The number of carbonyl (C=O) groups excluding carboxylic acids is 2. The van der Waals surface area contributed by atoms with E-state index in [2.05, 4.69) is 20.8 Å². The molecule has 2 N–H and O–H groups in total. The van der Waals surface area contributed by atoms with E-state index in [1.165, 1.54) is 0 Å². The number of carbonyl (C=O) groups is 2. The van der Waals surface area contributed by atoms with Gasteiger partial charge in [0.05, 0.1) is 5.25 Å². The number of aryl methyl sites for hydroxylation is 1. The predicted molar refractivity (Wildman–Crippen MR) is 87.0 cm³/mol. The zero-order valence-corrected chi connectivity index (χ0v) is 13.9. The highest BCUT2D eigenvalue weighted by molar-refractivity contribution is 8.00. The maximum absolute atomic E-state index is 11.9. The summed E-state index contributed by atoms with van der Waals surface area (Å²) >= 11 is 1.10. The van der Waals surface area contributed by atoms with Crippen molar-refractivity contribution >= 4 is 23.7 Å². The second kappa shape index (κ2) is 7.77. The van der Waals surface area contributed by atoms with Crippen LogP contribution in [-0.2, 0) is 4.79 Å². The summed E-state index contributed by atoms with van der Waals surface area (Å²) in [4.78, 5) is 23.2. The van der Waals surface area contributed by atoms with E-state index in [0.29, 0.717) is 12.4 Å². The van der Waals surface area contributed by atoms with Gasteiger partial charge in [-0.15, -0.1) is 10.2 Å². The van der Waals surface area contributed by atoms with E-state index in [9.17, 15) is 9.59 Å². The van der Waals surface area contributed by atoms with E-state index >= 15 is 0 Å². The number of urea groups is 1. The molecule has 1 aromatic carbocycles. The van der Waals surface area contributed by atoms with Crippen molar-refractivity contribution in [1.82, 2.24) is 20.8 Å². The van der Waals surface area contributed by atoms with Gasteiger partial charge in [-0.1, -0.05) is 29.5 Å². The second-order valence-electron chi connectivity index (χ2n) is 4.85. The van der Waals surface area contributed by atoms with Crippen LogP contribution in [0.5, 0.6) is 0 Å². The molecule has 122 valence electrons. The molecule has 8 heteroatoms. The number of imide groups is 1. The van der Waals surface area contributed by atoms with Crippen LogP contribution in [0.25, 0.3) is 11.5 Å². The van der Waals surface area contributed by atoms with Crippen molar-refractivity contribution < 1.29 is 14.0 Å². The molecular formula is C15H18N4O3S. The van der Waals surface area contributed by atoms with Crippen LogP contribution in [0, 0.1) is 6.92 Å². The first kappa shape index (κ1) is 17.0. The van der Waals surface area contributed by atoms with Crippen molar-refractivity contribution in [2.24, 2.45) is 0 Å². The predicted octanol–water partition coefficient (Wildman–Crippen LogP) is 2.37. The first-order valence-electron chi connectivity index (χ1n) is 7.15. The number of thioether (sulfide) groups is 1. The summed E-state index contributed by atoms with van der Waals surface area (Å²) in [5.74, 6) is -0.0279. The van der Waals surface area contributed by atoms with Crippen molar-refractivity contribution in [3.8, 4) is 11.5 Å². The maximum atomic E-state index is 11.9. The Hall–Kier alpha value is -2.35. The molecule has 0 aliphatic rings. The van der Waals surface area contributed by atoms with Gasteiger partial charge in [0.15, 0.2) is 0 Å². The van der Waals surface area contributed by atoms with Crippen LogP contribution in [0.3, 0.4) is 0 Å². The summed E-state index contributed by atoms with van der Waals surface area (Å²) in [7, 11) is 0. The fraction of sp³-hybridized carbons (Fsp3) is 0.333. The van der Waals surface area contributed by atoms with Gasteiger partial charge in [0.25, 0.3) is 5.22 Å². The molecule has 0 spiro atoms. The molecule has 0 aliphatic heterocycles. The van der Waals surface area contributed by atoms with Crippen molar-refractivity contribution in [2.45, 2.75) is 31.2 Å². The Morgan fingerprint density at radius 3 is 2.61 bits per heavy atom. The van der Waals surface area contributed by atoms with Gasteiger partial charge in [0, 0.05) is 12.1 Å². The Balaban J connectivity index is 1.97. The first-order chi connectivity index (χ1) is 11.0. The van der Waals surface area contributed by atoms with E-state index in [-0.39, 0.29) is 5.22 Å². The SMILES string of the molecule is CCNC(=O)NC(=O)[C@@H](C)Sc1nnc(-c2ccc(C)cc2)o1. The summed E-state index contributed by atoms with van der Waals surface area (Å²) in [6.07, 6.45) is 0. The minimum atomic E-state index is -0.538. The van der Waals surface area contributed by atoms with E-state index < -0.39 is 17.2 Å². The van der Waals surface area contributed by atoms with E-state index in [0.717, 1.165) is 22.9 Å². The van der Waals surface area contributed by atoms with Gasteiger partial charge in [-0.25, -0.2) is 4.79 Å². The van der Waals surface area contributed by atoms with Gasteiger partial charge in [-0.3, -0.25) is 10.1 Å². The van der Waals surface area contributed by atoms with Crippen molar-refractivity contribution in [3.63, 3.8) is 0 Å². The molecule has 0 aliphatic carbocycles. The summed E-state index contributed by atoms with van der Waals surface area (Å²) in [6.45, 7) is 5.88. The Morgan fingerprint density at radius 2 is 1.96 bits per heavy atom. The van der Waals surface area contributed by atoms with Gasteiger partial charge in [-0.2, -0.15) is 0 Å². The third-order valence-corrected chi connectivity index (χ3v) is 3.86. The fourth-order valence-electron chi connectivity index (χ4n) is 1.69. The molecule has 0 saturated carbocycles. The molecule has 3 amide bonds. The summed E-state index contributed by atoms with van der Waals surface area (Å²) < 4.78 is 5.54. The van der Waals surface area contributed by atoms with Gasteiger partial charge < -0.3 is 9.73 Å². The average Bonchev–Trinajstić information content (AvgIpc) is 2.96. The molecule has 23 heavy (non-hydrogen) atoms. The third kappa shape index (κ3) is 4.82. The third-order valence-electron chi connectivity index (χ3n) is 2.93. The Kier molecular flexibility index (Phi) is 5.75. The molecule has 2 rings (SSSR count). The highest BCUT2D eigenvalue weighted by Crippen LogP contribution is 2.26. The molecular weight excluding hydrogens is 316 g/mol. The Morgan fingerprint density at radius 1 is 1.26 bits per heavy atom. The molecule has 2 aromatic rings. The molecule has 0 unspecified atom stereocenters. The number of hydrogen-bond donors (Lipinski definition) is 2. The van der Waals surface area contributed by atoms with Crippen LogP contribution >= 0.6 is 11.8 Å². The quantitative estimate of drug-likeness (QED) is 0.815. The largest absolute Gasteiger partial charge is 0.411 e. The second-order valence-corrected chi connectivity index (χ2v) is 6.14. The van der Waals surface area contributed by atoms with Gasteiger partial charge in [0.1, 0.15) is 0 Å². The van der Waals surface area contributed by atoms with E-state index in [4.69, 9.17) is 4.42 Å². The highest BCUT2D eigenvalue weighted by Gasteiger charge is 2.20. The maximum Gasteiger partial charge on any atom is 0.321 e. The van der Waals surface area contributed by atoms with Gasteiger partial charge >= 0.3 is 6.03 Å². The van der Waals surface area contributed by atoms with Gasteiger partial charge in [0.2, 0.25) is 11.8 Å². The number of hydrogen-bond acceptors (Lipinski definition) is 6. The number of nitrogens with one attached hydrogen (secondary N) is 2. The lowest BCUT2D eigenvalue weighted by Crippen LogP contribution is -2.42. The molecule has 0 saturated heterocycles. The normalized spacial score (nSPS) is 11.8. The van der Waals surface area contributed by atoms with Crippen LogP contribution < -0.4 is 10.6 Å². The van der Waals surface area contributed by atoms with Crippen molar-refractivity contribution in [2.75, 3.05) is 6.54 Å². The Labute approximate surface area is 138 Å². The zero-order valence-electron chi connectivity index (χ0n) is 13.1. The number of amides is 3. The highest BCUT2D eigenvalue weighted by atomic mass is 32.2. The van der Waals surface area contributed by atoms with Crippen LogP contribution in [0.15, 0.2) is 33.9 Å². The lowest BCUT2D eigenvalue weighted by atomic mass is 10.1. The first-order valence-corrected chi connectivity index (χ1v) is 8.03. The standard InChI is InChI=1S/C15H18N4O3S/c1-4-16-14(21)17-12(20)10(3)23-15-19-18-13(22-15)11-7-5-9(2)6-8-11/h5-8,10H,4H2,1-3H3,(H2,16,17,20,21)/t10-/m1/s1. The fourth-order valence-corrected chi connectivity index (χ4v) is 2.38. The molecule has 7 nitrogen and oxygen atoms in total. The van der Waals surface area contributed by atoms with E-state index in [1.807, 2.05) is 31.2 Å². The number of benzene rings is 1. The van der Waals surface area contributed by atoms with Crippen LogP contribution in [0.4, 0.5) is 4.79 Å². The molecule has 0 bridgehead atoms. The van der Waals surface area contributed by atoms with Gasteiger partial charge in [-0.05, 0) is 32.9 Å². The van der Waals surface area contributed by atoms with Crippen LogP contribution in [0.1, 0.15) is 19.4 Å². The molecule has 0 radical (unpaired) electrons. The number of nitrogens with zero attached hydrogens (tertiary/aromatic N) is 2. The smallest absolute Gasteiger partial charge is 0.321 e. The lowest BCUT2D eigenvalue weighted by Gasteiger charge is -2.08. The molecule has 1 heterocycles. The zero-order chi connectivity index (χ0) is 16.8. The number of aromatic nitrogens is 2. The lowest BCUT2D eigenvalue weighted by molar-refractivity contribution is -0.119. The number of rotatable bonds is 5. The summed E-state index contributed by atoms with van der Waals surface area (Å²) in [6, 6.07) is 7.17. The molecule has 0 fully saturated rings. The minimum absolute atomic E-state index is 0.277. The monoisotopic (exact) mass is 334 g/mol. The topological polar surface area (TPSA) is 97.1 Å².